The molecule has 66 valence electrons. The third-order valence-electron chi connectivity index (χ3n) is 1.96. The summed E-state index contributed by atoms with van der Waals surface area (Å²) >= 11 is 5.91. The number of carbonyl (C=O) groups excluding carboxylic acids is 1. The highest BCUT2D eigenvalue weighted by Crippen LogP contribution is 2.24. The Balaban J connectivity index is 2.87. The van der Waals surface area contributed by atoms with E-state index in [-0.39, 0.29) is 0 Å². The number of halogens is 1. The average molecular weight is 195 g/mol. The van der Waals surface area contributed by atoms with Crippen LogP contribution in [0.4, 0.5) is 0 Å². The largest absolute Gasteiger partial charge is 0.298 e. The molecule has 13 heavy (non-hydrogen) atoms. The van der Waals surface area contributed by atoms with Gasteiger partial charge in [0.25, 0.3) is 0 Å². The number of nitrogens with one attached hydrogen (secondary N) is 1. The lowest BCUT2D eigenvalue weighted by Crippen LogP contribution is -1.80. The summed E-state index contributed by atoms with van der Waals surface area (Å²) in [6, 6.07) is 3.38. The third-order valence-corrected chi connectivity index (χ3v) is 2.25. The molecular formula is C9H7ClN2O. The van der Waals surface area contributed by atoms with E-state index >= 15 is 0 Å². The number of aromatic amines is 1. The number of aldehydes is 1. The number of fused-ring (bicyclic) bond motifs is 1. The van der Waals surface area contributed by atoms with E-state index in [0.29, 0.717) is 16.1 Å². The van der Waals surface area contributed by atoms with Gasteiger partial charge >= 0.3 is 0 Å². The molecule has 0 aliphatic rings. The van der Waals surface area contributed by atoms with Crippen molar-refractivity contribution in [2.75, 3.05) is 0 Å². The molecule has 2 rings (SSSR count). The SMILES string of the molecule is Cc1[nH]nc2c(Cl)cc(C=O)cc12. The molecule has 0 atom stereocenters. The van der Waals surface area contributed by atoms with Crippen LogP contribution in [0.3, 0.4) is 0 Å². The molecule has 1 aromatic heterocycles. The smallest absolute Gasteiger partial charge is 0.150 e. The second kappa shape index (κ2) is 2.85. The van der Waals surface area contributed by atoms with Crippen molar-refractivity contribution in [3.05, 3.63) is 28.4 Å². The fraction of sp³-hybridized carbons (Fsp3) is 0.111. The molecule has 1 aromatic carbocycles. The summed E-state index contributed by atoms with van der Waals surface area (Å²) in [7, 11) is 0. The van der Waals surface area contributed by atoms with Crippen LogP contribution in [0.15, 0.2) is 12.1 Å². The lowest BCUT2D eigenvalue weighted by atomic mass is 10.1. The van der Waals surface area contributed by atoms with Crippen LogP contribution in [0.1, 0.15) is 16.1 Å². The number of hydrogen-bond donors (Lipinski definition) is 1. The monoisotopic (exact) mass is 194 g/mol. The molecule has 3 nitrogen and oxygen atoms in total. The minimum atomic E-state index is 0.504. The molecule has 0 aliphatic carbocycles. The van der Waals surface area contributed by atoms with Gasteiger partial charge in [-0.25, -0.2) is 0 Å². The minimum absolute atomic E-state index is 0.504. The first-order chi connectivity index (χ1) is 6.22. The van der Waals surface area contributed by atoms with Crippen LogP contribution >= 0.6 is 11.6 Å². The molecule has 0 unspecified atom stereocenters. The Morgan fingerprint density at radius 3 is 3.00 bits per heavy atom. The predicted octanol–water partition coefficient (Wildman–Crippen LogP) is 2.34. The normalized spacial score (nSPS) is 10.6. The van der Waals surface area contributed by atoms with Crippen molar-refractivity contribution in [1.29, 1.82) is 0 Å². The van der Waals surface area contributed by atoms with Gasteiger partial charge in [0, 0.05) is 16.6 Å². The van der Waals surface area contributed by atoms with Gasteiger partial charge < -0.3 is 0 Å². The molecule has 0 radical (unpaired) electrons. The van der Waals surface area contributed by atoms with Gasteiger partial charge in [0.05, 0.1) is 5.02 Å². The molecule has 0 saturated heterocycles. The van der Waals surface area contributed by atoms with Crippen molar-refractivity contribution in [3.8, 4) is 0 Å². The van der Waals surface area contributed by atoms with Gasteiger partial charge in [-0.05, 0) is 19.1 Å². The molecule has 4 heteroatoms. The van der Waals surface area contributed by atoms with Crippen LogP contribution in [0, 0.1) is 6.92 Å². The first-order valence-corrected chi connectivity index (χ1v) is 4.19. The van der Waals surface area contributed by atoms with E-state index in [0.717, 1.165) is 17.4 Å². The topological polar surface area (TPSA) is 45.8 Å². The molecule has 0 spiro atoms. The fourth-order valence-electron chi connectivity index (χ4n) is 1.29. The lowest BCUT2D eigenvalue weighted by molar-refractivity contribution is 0.112. The maximum Gasteiger partial charge on any atom is 0.150 e. The van der Waals surface area contributed by atoms with Crippen molar-refractivity contribution < 1.29 is 4.79 Å². The van der Waals surface area contributed by atoms with Crippen molar-refractivity contribution in [1.82, 2.24) is 10.2 Å². The minimum Gasteiger partial charge on any atom is -0.298 e. The molecule has 1 heterocycles. The summed E-state index contributed by atoms with van der Waals surface area (Å²) in [6.45, 7) is 1.89. The van der Waals surface area contributed by atoms with Crippen LogP contribution in [0.2, 0.25) is 5.02 Å². The van der Waals surface area contributed by atoms with Crippen LogP contribution in [0.25, 0.3) is 10.9 Å². The van der Waals surface area contributed by atoms with E-state index in [1.807, 2.05) is 6.92 Å². The van der Waals surface area contributed by atoms with Gasteiger partial charge in [-0.3, -0.25) is 9.89 Å². The summed E-state index contributed by atoms with van der Waals surface area (Å²) in [4.78, 5) is 10.5. The van der Waals surface area contributed by atoms with Crippen LogP contribution in [-0.2, 0) is 0 Å². The van der Waals surface area contributed by atoms with Gasteiger partial charge in [-0.2, -0.15) is 5.10 Å². The van der Waals surface area contributed by atoms with Crippen LogP contribution in [-0.4, -0.2) is 16.5 Å². The number of H-pyrrole nitrogens is 1. The van der Waals surface area contributed by atoms with E-state index in [1.54, 1.807) is 12.1 Å². The van der Waals surface area contributed by atoms with E-state index in [9.17, 15) is 4.79 Å². The van der Waals surface area contributed by atoms with Gasteiger partial charge in [0.15, 0.2) is 0 Å². The quantitative estimate of drug-likeness (QED) is 0.709. The summed E-state index contributed by atoms with van der Waals surface area (Å²) in [6.07, 6.45) is 0.776. The van der Waals surface area contributed by atoms with Crippen LogP contribution in [0.5, 0.6) is 0 Å². The standard InChI is InChI=1S/C9H7ClN2O/c1-5-7-2-6(4-13)3-8(10)9(7)12-11-5/h2-4H,1H3,(H,11,12). The third kappa shape index (κ3) is 1.21. The molecule has 2 aromatic rings. The van der Waals surface area contributed by atoms with Crippen molar-refractivity contribution >= 4 is 28.8 Å². The molecule has 1 N–H and O–H groups in total. The first-order valence-electron chi connectivity index (χ1n) is 3.82. The highest BCUT2D eigenvalue weighted by atomic mass is 35.5. The fourth-order valence-corrected chi connectivity index (χ4v) is 1.56. The summed E-state index contributed by atoms with van der Waals surface area (Å²) in [5.74, 6) is 0. The average Bonchev–Trinajstić information content (AvgIpc) is 2.48. The zero-order valence-corrected chi connectivity index (χ0v) is 7.72. The maximum atomic E-state index is 10.5. The predicted molar refractivity (Wildman–Crippen MR) is 51.2 cm³/mol. The van der Waals surface area contributed by atoms with Gasteiger partial charge in [0.1, 0.15) is 11.8 Å². The molecule has 0 aliphatic heterocycles. The van der Waals surface area contributed by atoms with E-state index in [2.05, 4.69) is 10.2 Å². The Kier molecular flexibility index (Phi) is 1.81. The molecule has 0 amide bonds. The number of carbonyl (C=O) groups is 1. The maximum absolute atomic E-state index is 10.5. The van der Waals surface area contributed by atoms with E-state index in [4.69, 9.17) is 11.6 Å². The Morgan fingerprint density at radius 2 is 2.31 bits per heavy atom. The highest BCUT2D eigenvalue weighted by molar-refractivity contribution is 6.35. The number of aryl methyl sites for hydroxylation is 1. The van der Waals surface area contributed by atoms with Crippen molar-refractivity contribution in [3.63, 3.8) is 0 Å². The zero-order valence-electron chi connectivity index (χ0n) is 6.97. The van der Waals surface area contributed by atoms with Gasteiger partial charge in [-0.15, -0.1) is 0 Å². The molecule has 0 saturated carbocycles. The number of rotatable bonds is 1. The van der Waals surface area contributed by atoms with Crippen molar-refractivity contribution in [2.24, 2.45) is 0 Å². The Bertz CT molecular complexity index is 476. The first kappa shape index (κ1) is 8.26. The van der Waals surface area contributed by atoms with E-state index in [1.165, 1.54) is 0 Å². The number of hydrogen-bond acceptors (Lipinski definition) is 2. The Morgan fingerprint density at radius 1 is 1.54 bits per heavy atom. The van der Waals surface area contributed by atoms with Crippen molar-refractivity contribution in [2.45, 2.75) is 6.92 Å². The Hall–Kier alpha value is -1.35. The van der Waals surface area contributed by atoms with Gasteiger partial charge in [0.2, 0.25) is 0 Å². The lowest BCUT2D eigenvalue weighted by Gasteiger charge is -1.94. The number of nitrogens with zero attached hydrogens (tertiary/aromatic N) is 1. The number of benzene rings is 1. The molecule has 0 bridgehead atoms. The summed E-state index contributed by atoms with van der Waals surface area (Å²) in [5.41, 5.74) is 2.20. The van der Waals surface area contributed by atoms with Gasteiger partial charge in [-0.1, -0.05) is 11.6 Å². The zero-order chi connectivity index (χ0) is 9.42. The van der Waals surface area contributed by atoms with E-state index < -0.39 is 0 Å². The Labute approximate surface area is 79.7 Å². The highest BCUT2D eigenvalue weighted by Gasteiger charge is 2.06. The molecule has 0 fully saturated rings. The summed E-state index contributed by atoms with van der Waals surface area (Å²) in [5, 5.41) is 8.24. The second-order valence-electron chi connectivity index (χ2n) is 2.87. The number of aromatic nitrogens is 2. The molecular weight excluding hydrogens is 188 g/mol. The summed E-state index contributed by atoms with van der Waals surface area (Å²) < 4.78 is 0. The van der Waals surface area contributed by atoms with Crippen LogP contribution < -0.4 is 0 Å². The second-order valence-corrected chi connectivity index (χ2v) is 3.27.